The molecule has 3 aromatic rings. The molecule has 0 spiro atoms. The largest absolute Gasteiger partial charge is 0.502 e. The Hall–Kier alpha value is -4.01. The van der Waals surface area contributed by atoms with E-state index in [-0.39, 0.29) is 11.5 Å². The SMILES string of the molecule is COc1cc(Cc2cc(Cc3cc(OC)c(O)c(OC)c3)c(N)nc2N)cc(OC)c1O. The van der Waals surface area contributed by atoms with Gasteiger partial charge >= 0.3 is 0 Å². The first-order valence-electron chi connectivity index (χ1n) is 9.72. The van der Waals surface area contributed by atoms with Gasteiger partial charge in [-0.15, -0.1) is 0 Å². The number of pyridine rings is 1. The predicted octanol–water partition coefficient (Wildman–Crippen LogP) is 2.87. The Kier molecular flexibility index (Phi) is 6.67. The van der Waals surface area contributed by atoms with Crippen LogP contribution >= 0.6 is 0 Å². The minimum atomic E-state index is -0.0712. The summed E-state index contributed by atoms with van der Waals surface area (Å²) >= 11 is 0. The van der Waals surface area contributed by atoms with E-state index in [1.165, 1.54) is 28.4 Å². The molecule has 0 bridgehead atoms. The number of phenols is 2. The Bertz CT molecular complexity index is 998. The number of phenolic OH excluding ortho intramolecular Hbond substituents is 2. The van der Waals surface area contributed by atoms with Crippen molar-refractivity contribution in [3.8, 4) is 34.5 Å². The molecule has 9 nitrogen and oxygen atoms in total. The highest BCUT2D eigenvalue weighted by molar-refractivity contribution is 5.59. The highest BCUT2D eigenvalue weighted by Crippen LogP contribution is 2.39. The minimum absolute atomic E-state index is 0.0712. The fourth-order valence-electron chi connectivity index (χ4n) is 3.45. The molecule has 32 heavy (non-hydrogen) atoms. The molecule has 0 unspecified atom stereocenters. The van der Waals surface area contributed by atoms with Crippen LogP contribution < -0.4 is 30.4 Å². The molecule has 3 rings (SSSR count). The maximum atomic E-state index is 10.1. The number of nitrogens with zero attached hydrogens (tertiary/aromatic N) is 1. The zero-order valence-corrected chi connectivity index (χ0v) is 18.4. The van der Waals surface area contributed by atoms with Crippen LogP contribution in [0.5, 0.6) is 34.5 Å². The fourth-order valence-corrected chi connectivity index (χ4v) is 3.45. The van der Waals surface area contributed by atoms with Crippen molar-refractivity contribution in [1.82, 2.24) is 4.98 Å². The van der Waals surface area contributed by atoms with Gasteiger partial charge in [0.05, 0.1) is 28.4 Å². The fraction of sp³-hybridized carbons (Fsp3) is 0.261. The lowest BCUT2D eigenvalue weighted by Crippen LogP contribution is -2.07. The number of anilines is 2. The van der Waals surface area contributed by atoms with Crippen LogP contribution in [0.25, 0.3) is 0 Å². The van der Waals surface area contributed by atoms with E-state index < -0.39 is 0 Å². The van der Waals surface area contributed by atoms with Crippen molar-refractivity contribution in [1.29, 1.82) is 0 Å². The number of hydrogen-bond acceptors (Lipinski definition) is 9. The van der Waals surface area contributed by atoms with Gasteiger partial charge < -0.3 is 40.6 Å². The third-order valence-electron chi connectivity index (χ3n) is 5.12. The molecule has 0 fully saturated rings. The summed E-state index contributed by atoms with van der Waals surface area (Å²) in [5, 5.41) is 20.3. The zero-order valence-electron chi connectivity index (χ0n) is 18.4. The van der Waals surface area contributed by atoms with E-state index in [0.717, 1.165) is 22.3 Å². The molecule has 0 saturated carbocycles. The number of nitrogen functional groups attached to an aromatic ring is 2. The molecule has 0 aliphatic heterocycles. The van der Waals surface area contributed by atoms with E-state index in [9.17, 15) is 10.2 Å². The van der Waals surface area contributed by atoms with Crippen molar-refractivity contribution in [3.05, 3.63) is 52.6 Å². The lowest BCUT2D eigenvalue weighted by atomic mass is 9.99. The van der Waals surface area contributed by atoms with Gasteiger partial charge in [0.2, 0.25) is 11.5 Å². The molecule has 0 saturated heterocycles. The molecular weight excluding hydrogens is 414 g/mol. The number of aromatic hydroxyl groups is 2. The number of benzene rings is 2. The summed E-state index contributed by atoms with van der Waals surface area (Å²) in [7, 11) is 5.87. The number of ether oxygens (including phenoxy) is 4. The molecular formula is C23H27N3O6. The minimum Gasteiger partial charge on any atom is -0.502 e. The van der Waals surface area contributed by atoms with Gasteiger partial charge in [0, 0.05) is 12.8 Å². The van der Waals surface area contributed by atoms with Crippen LogP contribution in [0.3, 0.4) is 0 Å². The third-order valence-corrected chi connectivity index (χ3v) is 5.12. The Morgan fingerprint density at radius 3 is 1.22 bits per heavy atom. The molecule has 0 aliphatic rings. The van der Waals surface area contributed by atoms with Gasteiger partial charge in [-0.25, -0.2) is 4.98 Å². The van der Waals surface area contributed by atoms with Gasteiger partial charge in [0.15, 0.2) is 23.0 Å². The molecule has 6 N–H and O–H groups in total. The molecule has 2 aromatic carbocycles. The summed E-state index contributed by atoms with van der Waals surface area (Å²) in [6.45, 7) is 0. The number of methoxy groups -OCH3 is 4. The first-order valence-corrected chi connectivity index (χ1v) is 9.72. The second-order valence-corrected chi connectivity index (χ2v) is 7.13. The van der Waals surface area contributed by atoms with Crippen LogP contribution in [0.4, 0.5) is 11.6 Å². The van der Waals surface area contributed by atoms with Crippen LogP contribution in [0.15, 0.2) is 30.3 Å². The Labute approximate surface area is 186 Å². The number of hydrogen-bond donors (Lipinski definition) is 4. The molecule has 170 valence electrons. The molecule has 0 amide bonds. The zero-order chi connectivity index (χ0) is 23.4. The Balaban J connectivity index is 1.97. The first kappa shape index (κ1) is 22.7. The average Bonchev–Trinajstić information content (AvgIpc) is 2.78. The maximum absolute atomic E-state index is 10.1. The normalized spacial score (nSPS) is 10.6. The van der Waals surface area contributed by atoms with Crippen molar-refractivity contribution in [3.63, 3.8) is 0 Å². The summed E-state index contributed by atoms with van der Waals surface area (Å²) < 4.78 is 20.9. The Morgan fingerprint density at radius 1 is 0.625 bits per heavy atom. The monoisotopic (exact) mass is 441 g/mol. The summed E-state index contributed by atoms with van der Waals surface area (Å²) in [5.41, 5.74) is 15.4. The predicted molar refractivity (Wildman–Crippen MR) is 121 cm³/mol. The smallest absolute Gasteiger partial charge is 0.200 e. The molecule has 0 atom stereocenters. The van der Waals surface area contributed by atoms with Crippen molar-refractivity contribution in [2.75, 3.05) is 39.9 Å². The van der Waals surface area contributed by atoms with E-state index in [0.29, 0.717) is 47.5 Å². The maximum Gasteiger partial charge on any atom is 0.200 e. The van der Waals surface area contributed by atoms with Crippen LogP contribution in [-0.4, -0.2) is 43.6 Å². The van der Waals surface area contributed by atoms with Gasteiger partial charge in [-0.1, -0.05) is 0 Å². The quantitative estimate of drug-likeness (QED) is 0.415. The van der Waals surface area contributed by atoms with Crippen molar-refractivity contribution < 1.29 is 29.2 Å². The van der Waals surface area contributed by atoms with E-state index in [1.54, 1.807) is 24.3 Å². The first-order chi connectivity index (χ1) is 15.3. The number of aromatic nitrogens is 1. The summed E-state index contributed by atoms with van der Waals surface area (Å²) in [6, 6.07) is 8.73. The van der Waals surface area contributed by atoms with Crippen LogP contribution in [0, 0.1) is 0 Å². The lowest BCUT2D eigenvalue weighted by molar-refractivity contribution is 0.339. The summed E-state index contributed by atoms with van der Waals surface area (Å²) in [6.07, 6.45) is 0.836. The second kappa shape index (κ2) is 9.42. The van der Waals surface area contributed by atoms with E-state index in [4.69, 9.17) is 30.4 Å². The van der Waals surface area contributed by atoms with Gasteiger partial charge in [0.1, 0.15) is 11.6 Å². The van der Waals surface area contributed by atoms with E-state index >= 15 is 0 Å². The number of rotatable bonds is 8. The van der Waals surface area contributed by atoms with Crippen molar-refractivity contribution >= 4 is 11.6 Å². The van der Waals surface area contributed by atoms with Gasteiger partial charge in [-0.05, 0) is 52.6 Å². The third kappa shape index (κ3) is 4.51. The highest BCUT2D eigenvalue weighted by Gasteiger charge is 2.16. The second-order valence-electron chi connectivity index (χ2n) is 7.13. The van der Waals surface area contributed by atoms with E-state index in [2.05, 4.69) is 4.98 Å². The number of nitrogens with two attached hydrogens (primary N) is 2. The summed E-state index contributed by atoms with van der Waals surface area (Å²) in [5.74, 6) is 1.65. The molecule has 1 heterocycles. The molecule has 1 aromatic heterocycles. The van der Waals surface area contributed by atoms with Crippen LogP contribution in [-0.2, 0) is 12.8 Å². The van der Waals surface area contributed by atoms with Crippen LogP contribution in [0.2, 0.25) is 0 Å². The molecule has 0 radical (unpaired) electrons. The topological polar surface area (TPSA) is 142 Å². The van der Waals surface area contributed by atoms with Gasteiger partial charge in [-0.3, -0.25) is 0 Å². The summed E-state index contributed by atoms with van der Waals surface area (Å²) in [4.78, 5) is 4.30. The van der Waals surface area contributed by atoms with Crippen molar-refractivity contribution in [2.45, 2.75) is 12.8 Å². The van der Waals surface area contributed by atoms with Crippen LogP contribution in [0.1, 0.15) is 22.3 Å². The average molecular weight is 441 g/mol. The van der Waals surface area contributed by atoms with Gasteiger partial charge in [-0.2, -0.15) is 0 Å². The molecule has 9 heteroatoms. The lowest BCUT2D eigenvalue weighted by Gasteiger charge is -2.15. The molecule has 0 aliphatic carbocycles. The Morgan fingerprint density at radius 2 is 0.938 bits per heavy atom. The van der Waals surface area contributed by atoms with Crippen molar-refractivity contribution in [2.24, 2.45) is 0 Å². The van der Waals surface area contributed by atoms with E-state index in [1.807, 2.05) is 6.07 Å². The standard InChI is InChI=1S/C23H27N3O6/c1-29-16-7-12(8-17(30-2)20(16)27)5-14-11-15(23(25)26-22(14)24)6-13-9-18(31-3)21(28)19(10-13)32-4/h7-11,27-28H,5-6H2,1-4H3,(H4,24,25,26). The highest BCUT2D eigenvalue weighted by atomic mass is 16.5. The van der Waals surface area contributed by atoms with Gasteiger partial charge in [0.25, 0.3) is 0 Å².